The van der Waals surface area contributed by atoms with Crippen LogP contribution in [-0.2, 0) is 16.1 Å². The van der Waals surface area contributed by atoms with Gasteiger partial charge in [0.1, 0.15) is 18.8 Å². The van der Waals surface area contributed by atoms with Gasteiger partial charge in [0, 0.05) is 37.5 Å². The predicted octanol–water partition coefficient (Wildman–Crippen LogP) is 2.60. The summed E-state index contributed by atoms with van der Waals surface area (Å²) in [4.78, 5) is 33.0. The molecule has 0 bridgehead atoms. The SMILES string of the molecule is CC(C)(C)OC(=O)N1CCC2(CC1)CC(=O)N(Cc1cc3c(cn1)OCCO3)C2. The van der Waals surface area contributed by atoms with Crippen LogP contribution in [0.25, 0.3) is 0 Å². The van der Waals surface area contributed by atoms with Crippen molar-refractivity contribution < 1.29 is 23.8 Å². The van der Waals surface area contributed by atoms with E-state index in [1.807, 2.05) is 31.7 Å². The highest BCUT2D eigenvalue weighted by molar-refractivity contribution is 5.79. The maximum absolute atomic E-state index is 12.7. The lowest BCUT2D eigenvalue weighted by atomic mass is 9.78. The summed E-state index contributed by atoms with van der Waals surface area (Å²) in [6, 6.07) is 1.86. The Bertz CT molecular complexity index is 796. The number of aromatic nitrogens is 1. The van der Waals surface area contributed by atoms with E-state index in [9.17, 15) is 9.59 Å². The molecule has 3 aliphatic heterocycles. The number of pyridine rings is 1. The largest absolute Gasteiger partial charge is 0.486 e. The predicted molar refractivity (Wildman–Crippen MR) is 105 cm³/mol. The smallest absolute Gasteiger partial charge is 0.410 e. The molecule has 0 atom stereocenters. The van der Waals surface area contributed by atoms with E-state index in [1.54, 1.807) is 11.1 Å². The Balaban J connectivity index is 1.35. The molecule has 0 unspecified atom stereocenters. The molecule has 1 aromatic heterocycles. The van der Waals surface area contributed by atoms with Gasteiger partial charge in [0.25, 0.3) is 0 Å². The fourth-order valence-electron chi connectivity index (χ4n) is 4.22. The van der Waals surface area contributed by atoms with Crippen molar-refractivity contribution in [2.24, 2.45) is 5.41 Å². The van der Waals surface area contributed by atoms with Crippen LogP contribution in [0.4, 0.5) is 4.79 Å². The normalized spacial score (nSPS) is 20.9. The van der Waals surface area contributed by atoms with E-state index < -0.39 is 5.60 Å². The molecule has 2 fully saturated rings. The van der Waals surface area contributed by atoms with Crippen molar-refractivity contribution in [1.82, 2.24) is 14.8 Å². The molecule has 1 spiro atoms. The van der Waals surface area contributed by atoms with Gasteiger partial charge in [-0.05, 0) is 33.6 Å². The summed E-state index contributed by atoms with van der Waals surface area (Å²) in [6.45, 7) is 9.08. The zero-order chi connectivity index (χ0) is 20.6. The number of piperidine rings is 1. The van der Waals surface area contributed by atoms with Gasteiger partial charge in [0.2, 0.25) is 5.91 Å². The van der Waals surface area contributed by atoms with Crippen LogP contribution in [0.15, 0.2) is 12.3 Å². The molecule has 0 aromatic carbocycles. The van der Waals surface area contributed by atoms with Gasteiger partial charge in [-0.3, -0.25) is 9.78 Å². The van der Waals surface area contributed by atoms with Gasteiger partial charge < -0.3 is 24.0 Å². The number of carbonyl (C=O) groups excluding carboxylic acids is 2. The first-order chi connectivity index (χ1) is 13.7. The molecule has 2 saturated heterocycles. The molecular formula is C21H29N3O5. The van der Waals surface area contributed by atoms with Crippen LogP contribution < -0.4 is 9.47 Å². The third-order valence-corrected chi connectivity index (χ3v) is 5.72. The number of amides is 2. The van der Waals surface area contributed by atoms with Gasteiger partial charge in [-0.2, -0.15) is 0 Å². The Kier molecular flexibility index (Phi) is 5.04. The van der Waals surface area contributed by atoms with Crippen LogP contribution >= 0.6 is 0 Å². The fraction of sp³-hybridized carbons (Fsp3) is 0.667. The molecule has 4 heterocycles. The number of carbonyl (C=O) groups is 2. The minimum Gasteiger partial charge on any atom is -0.486 e. The lowest BCUT2D eigenvalue weighted by Gasteiger charge is -2.39. The zero-order valence-corrected chi connectivity index (χ0v) is 17.4. The number of hydrogen-bond donors (Lipinski definition) is 0. The summed E-state index contributed by atoms with van der Waals surface area (Å²) in [6.07, 6.45) is 3.54. The Labute approximate surface area is 171 Å². The summed E-state index contributed by atoms with van der Waals surface area (Å²) in [5, 5.41) is 0. The number of ether oxygens (including phenoxy) is 3. The second kappa shape index (κ2) is 7.39. The topological polar surface area (TPSA) is 81.2 Å². The van der Waals surface area contributed by atoms with Crippen LogP contribution in [0.2, 0.25) is 0 Å². The first kappa shape index (κ1) is 19.8. The number of likely N-dealkylation sites (tertiary alicyclic amines) is 2. The molecule has 8 heteroatoms. The van der Waals surface area contributed by atoms with Gasteiger partial charge >= 0.3 is 6.09 Å². The number of nitrogens with zero attached hydrogens (tertiary/aromatic N) is 3. The number of fused-ring (bicyclic) bond motifs is 1. The number of rotatable bonds is 2. The molecule has 2 amide bonds. The lowest BCUT2D eigenvalue weighted by molar-refractivity contribution is -0.128. The Morgan fingerprint density at radius 3 is 2.59 bits per heavy atom. The van der Waals surface area contributed by atoms with Crippen molar-refractivity contribution in [1.29, 1.82) is 0 Å². The van der Waals surface area contributed by atoms with Gasteiger partial charge in [-0.1, -0.05) is 0 Å². The molecule has 158 valence electrons. The monoisotopic (exact) mass is 403 g/mol. The van der Waals surface area contributed by atoms with Gasteiger partial charge in [0.05, 0.1) is 18.4 Å². The average molecular weight is 403 g/mol. The van der Waals surface area contributed by atoms with Crippen molar-refractivity contribution in [2.45, 2.75) is 52.2 Å². The molecule has 0 N–H and O–H groups in total. The molecule has 0 saturated carbocycles. The average Bonchev–Trinajstić information content (AvgIpc) is 2.95. The summed E-state index contributed by atoms with van der Waals surface area (Å²) < 4.78 is 16.6. The third-order valence-electron chi connectivity index (χ3n) is 5.72. The van der Waals surface area contributed by atoms with Crippen molar-refractivity contribution in [3.63, 3.8) is 0 Å². The first-order valence-corrected chi connectivity index (χ1v) is 10.2. The Morgan fingerprint density at radius 2 is 1.90 bits per heavy atom. The summed E-state index contributed by atoms with van der Waals surface area (Å²) in [7, 11) is 0. The van der Waals surface area contributed by atoms with E-state index in [0.717, 1.165) is 18.5 Å². The highest BCUT2D eigenvalue weighted by Crippen LogP contribution is 2.42. The van der Waals surface area contributed by atoms with Crippen LogP contribution in [0, 0.1) is 5.41 Å². The van der Waals surface area contributed by atoms with Crippen molar-refractivity contribution >= 4 is 12.0 Å². The number of hydrogen-bond acceptors (Lipinski definition) is 6. The van der Waals surface area contributed by atoms with E-state index in [1.165, 1.54) is 0 Å². The van der Waals surface area contributed by atoms with Crippen molar-refractivity contribution in [2.75, 3.05) is 32.8 Å². The minimum atomic E-state index is -0.497. The molecule has 3 aliphatic rings. The molecular weight excluding hydrogens is 374 g/mol. The van der Waals surface area contributed by atoms with E-state index in [4.69, 9.17) is 14.2 Å². The lowest BCUT2D eigenvalue weighted by Crippen LogP contribution is -2.46. The molecule has 29 heavy (non-hydrogen) atoms. The highest BCUT2D eigenvalue weighted by Gasteiger charge is 2.45. The standard InChI is InChI=1S/C21H29N3O5/c1-20(2,3)29-19(26)23-6-4-21(5-7-23)11-18(25)24(14-21)13-15-10-16-17(12-22-15)28-9-8-27-16/h10,12H,4-9,11,13-14H2,1-3H3. The van der Waals surface area contributed by atoms with Gasteiger partial charge in [-0.25, -0.2) is 4.79 Å². The maximum atomic E-state index is 12.7. The van der Waals surface area contributed by atoms with Crippen molar-refractivity contribution in [3.05, 3.63) is 18.0 Å². The maximum Gasteiger partial charge on any atom is 0.410 e. The Hall–Kier alpha value is -2.51. The van der Waals surface area contributed by atoms with Crippen LogP contribution in [-0.4, -0.2) is 65.2 Å². The molecule has 0 aliphatic carbocycles. The summed E-state index contributed by atoms with van der Waals surface area (Å²) >= 11 is 0. The summed E-state index contributed by atoms with van der Waals surface area (Å²) in [5.74, 6) is 1.49. The summed E-state index contributed by atoms with van der Waals surface area (Å²) in [5.41, 5.74) is 0.234. The van der Waals surface area contributed by atoms with E-state index in [0.29, 0.717) is 57.3 Å². The van der Waals surface area contributed by atoms with Crippen LogP contribution in [0.5, 0.6) is 11.5 Å². The second-order valence-corrected chi connectivity index (χ2v) is 9.21. The van der Waals surface area contributed by atoms with E-state index in [-0.39, 0.29) is 17.4 Å². The highest BCUT2D eigenvalue weighted by atomic mass is 16.6. The minimum absolute atomic E-state index is 0.0661. The molecule has 1 aromatic rings. The molecule has 8 nitrogen and oxygen atoms in total. The van der Waals surface area contributed by atoms with Gasteiger partial charge in [-0.15, -0.1) is 0 Å². The van der Waals surface area contributed by atoms with E-state index >= 15 is 0 Å². The molecule has 0 radical (unpaired) electrons. The quantitative estimate of drug-likeness (QED) is 0.755. The second-order valence-electron chi connectivity index (χ2n) is 9.21. The van der Waals surface area contributed by atoms with E-state index in [2.05, 4.69) is 4.98 Å². The first-order valence-electron chi connectivity index (χ1n) is 10.2. The van der Waals surface area contributed by atoms with Crippen LogP contribution in [0.3, 0.4) is 0 Å². The molecule has 4 rings (SSSR count). The van der Waals surface area contributed by atoms with Crippen molar-refractivity contribution in [3.8, 4) is 11.5 Å². The van der Waals surface area contributed by atoms with Crippen LogP contribution in [0.1, 0.15) is 45.7 Å². The zero-order valence-electron chi connectivity index (χ0n) is 17.4. The fourth-order valence-corrected chi connectivity index (χ4v) is 4.22. The Morgan fingerprint density at radius 1 is 1.21 bits per heavy atom. The van der Waals surface area contributed by atoms with Gasteiger partial charge in [0.15, 0.2) is 11.5 Å². The third kappa shape index (κ3) is 4.41.